The van der Waals surface area contributed by atoms with Gasteiger partial charge in [0.2, 0.25) is 0 Å². The fourth-order valence-corrected chi connectivity index (χ4v) is 2.33. The normalized spacial score (nSPS) is 19.6. The highest BCUT2D eigenvalue weighted by molar-refractivity contribution is 5.14. The zero-order chi connectivity index (χ0) is 11.3. The van der Waals surface area contributed by atoms with E-state index >= 15 is 0 Å². The minimum absolute atomic E-state index is 0.434. The Morgan fingerprint density at radius 1 is 1.12 bits per heavy atom. The van der Waals surface area contributed by atoms with Crippen molar-refractivity contribution in [2.24, 2.45) is 0 Å². The first-order valence-corrected chi connectivity index (χ1v) is 6.18. The monoisotopic (exact) mass is 218 g/mol. The minimum atomic E-state index is -0.434. The fraction of sp³-hybridized carbons (Fsp3) is 0.571. The molecular formula is C14H20NO. The summed E-state index contributed by atoms with van der Waals surface area (Å²) in [6.45, 7) is 1.67. The van der Waals surface area contributed by atoms with E-state index < -0.39 is 5.60 Å². The third-order valence-corrected chi connectivity index (χ3v) is 3.42. The topological polar surface area (TPSA) is 34.3 Å². The highest BCUT2D eigenvalue weighted by Gasteiger charge is 2.28. The van der Waals surface area contributed by atoms with Gasteiger partial charge >= 0.3 is 0 Å². The van der Waals surface area contributed by atoms with Gasteiger partial charge in [0.1, 0.15) is 0 Å². The number of piperidine rings is 1. The van der Waals surface area contributed by atoms with Crippen LogP contribution in [0.2, 0.25) is 0 Å². The number of hydrogen-bond acceptors (Lipinski definition) is 1. The number of rotatable bonds is 4. The van der Waals surface area contributed by atoms with Gasteiger partial charge in [-0.05, 0) is 37.7 Å². The molecule has 2 nitrogen and oxygen atoms in total. The molecule has 1 N–H and O–H groups in total. The van der Waals surface area contributed by atoms with E-state index in [0.29, 0.717) is 0 Å². The van der Waals surface area contributed by atoms with Gasteiger partial charge in [0.25, 0.3) is 0 Å². The van der Waals surface area contributed by atoms with E-state index in [2.05, 4.69) is 29.6 Å². The first-order chi connectivity index (χ1) is 7.79. The molecule has 1 aromatic rings. The molecule has 1 radical (unpaired) electrons. The zero-order valence-corrected chi connectivity index (χ0v) is 9.73. The number of hydrogen-bond donors (Lipinski definition) is 1. The summed E-state index contributed by atoms with van der Waals surface area (Å²) in [6, 6.07) is 10.5. The van der Waals surface area contributed by atoms with E-state index in [0.717, 1.165) is 45.2 Å². The average molecular weight is 218 g/mol. The van der Waals surface area contributed by atoms with Crippen molar-refractivity contribution < 1.29 is 5.11 Å². The second-order valence-electron chi connectivity index (χ2n) is 4.73. The summed E-state index contributed by atoms with van der Waals surface area (Å²) < 4.78 is 0. The van der Waals surface area contributed by atoms with Crippen molar-refractivity contribution in [2.45, 2.75) is 37.7 Å². The summed E-state index contributed by atoms with van der Waals surface area (Å²) in [5.41, 5.74) is 0.933. The Morgan fingerprint density at radius 2 is 1.81 bits per heavy atom. The van der Waals surface area contributed by atoms with E-state index in [-0.39, 0.29) is 0 Å². The Hall–Kier alpha value is -0.860. The van der Waals surface area contributed by atoms with Gasteiger partial charge in [-0.2, -0.15) is 0 Å². The molecule has 0 unspecified atom stereocenters. The zero-order valence-electron chi connectivity index (χ0n) is 9.73. The number of benzene rings is 1. The third kappa shape index (κ3) is 3.32. The molecule has 0 amide bonds. The van der Waals surface area contributed by atoms with Crippen LogP contribution >= 0.6 is 0 Å². The van der Waals surface area contributed by atoms with Crippen LogP contribution in [0.1, 0.15) is 31.2 Å². The molecule has 1 aromatic carbocycles. The predicted octanol–water partition coefficient (Wildman–Crippen LogP) is 2.14. The third-order valence-electron chi connectivity index (χ3n) is 3.42. The predicted molar refractivity (Wildman–Crippen MR) is 65.4 cm³/mol. The van der Waals surface area contributed by atoms with Crippen LogP contribution in [0, 0.1) is 0 Å². The van der Waals surface area contributed by atoms with Crippen LogP contribution in [-0.2, 0) is 6.42 Å². The van der Waals surface area contributed by atoms with Crippen molar-refractivity contribution in [3.8, 4) is 0 Å². The molecule has 2 rings (SSSR count). The number of aryl methyl sites for hydroxylation is 1. The molecule has 1 aliphatic heterocycles. The van der Waals surface area contributed by atoms with Gasteiger partial charge in [-0.25, -0.2) is 5.32 Å². The fourth-order valence-electron chi connectivity index (χ4n) is 2.33. The highest BCUT2D eigenvalue weighted by atomic mass is 16.3. The van der Waals surface area contributed by atoms with Gasteiger partial charge in [-0.3, -0.25) is 0 Å². The maximum atomic E-state index is 10.3. The largest absolute Gasteiger partial charge is 0.390 e. The molecule has 0 aliphatic carbocycles. The van der Waals surface area contributed by atoms with Crippen molar-refractivity contribution in [1.82, 2.24) is 5.32 Å². The van der Waals surface area contributed by atoms with Gasteiger partial charge in [0.15, 0.2) is 0 Å². The Labute approximate surface area is 97.7 Å². The van der Waals surface area contributed by atoms with Crippen molar-refractivity contribution in [3.63, 3.8) is 0 Å². The maximum absolute atomic E-state index is 10.3. The lowest BCUT2D eigenvalue weighted by Gasteiger charge is -2.31. The summed E-state index contributed by atoms with van der Waals surface area (Å²) in [6.07, 6.45) is 4.75. The van der Waals surface area contributed by atoms with Gasteiger partial charge in [0, 0.05) is 13.1 Å². The number of aliphatic hydroxyl groups is 1. The summed E-state index contributed by atoms with van der Waals surface area (Å²) in [7, 11) is 0. The molecule has 0 atom stereocenters. The van der Waals surface area contributed by atoms with E-state index in [9.17, 15) is 5.11 Å². The highest BCUT2D eigenvalue weighted by Crippen LogP contribution is 2.24. The standard InChI is InChI=1S/C14H20NO/c16-14(9-11-15-12-10-14)8-4-7-13-5-2-1-3-6-13/h1-3,5-6,16H,4,7-12H2. The summed E-state index contributed by atoms with van der Waals surface area (Å²) >= 11 is 0. The van der Waals surface area contributed by atoms with E-state index in [1.54, 1.807) is 0 Å². The second kappa shape index (κ2) is 5.46. The molecule has 87 valence electrons. The molecule has 1 saturated heterocycles. The van der Waals surface area contributed by atoms with Crippen LogP contribution in [0.4, 0.5) is 0 Å². The lowest BCUT2D eigenvalue weighted by atomic mass is 9.87. The molecule has 0 spiro atoms. The molecular weight excluding hydrogens is 198 g/mol. The lowest BCUT2D eigenvalue weighted by molar-refractivity contribution is 0.000180. The van der Waals surface area contributed by atoms with Crippen molar-refractivity contribution in [1.29, 1.82) is 0 Å². The SMILES string of the molecule is OC1(CCCc2ccccc2)CC[N]CC1. The molecule has 0 saturated carbocycles. The number of nitrogens with zero attached hydrogens (tertiary/aromatic N) is 1. The first kappa shape index (κ1) is 11.6. The molecule has 1 heterocycles. The van der Waals surface area contributed by atoms with Crippen LogP contribution in [0.5, 0.6) is 0 Å². The van der Waals surface area contributed by atoms with Crippen LogP contribution in [0.15, 0.2) is 30.3 Å². The summed E-state index contributed by atoms with van der Waals surface area (Å²) in [5, 5.41) is 14.6. The summed E-state index contributed by atoms with van der Waals surface area (Å²) in [5.74, 6) is 0. The molecule has 16 heavy (non-hydrogen) atoms. The van der Waals surface area contributed by atoms with Crippen LogP contribution in [0.25, 0.3) is 0 Å². The quantitative estimate of drug-likeness (QED) is 0.825. The van der Waals surface area contributed by atoms with E-state index in [1.165, 1.54) is 5.56 Å². The van der Waals surface area contributed by atoms with Crippen LogP contribution in [-0.4, -0.2) is 23.8 Å². The van der Waals surface area contributed by atoms with Gasteiger partial charge in [0.05, 0.1) is 5.60 Å². The molecule has 0 aromatic heterocycles. The maximum Gasteiger partial charge on any atom is 0.0673 e. The Balaban J connectivity index is 1.75. The molecule has 1 fully saturated rings. The Morgan fingerprint density at radius 3 is 2.50 bits per heavy atom. The average Bonchev–Trinajstić information content (AvgIpc) is 2.31. The molecule has 2 heteroatoms. The smallest absolute Gasteiger partial charge is 0.0673 e. The van der Waals surface area contributed by atoms with E-state index in [4.69, 9.17) is 0 Å². The van der Waals surface area contributed by atoms with E-state index in [1.807, 2.05) is 6.07 Å². The lowest BCUT2D eigenvalue weighted by Crippen LogP contribution is -2.39. The molecule has 1 aliphatic rings. The second-order valence-corrected chi connectivity index (χ2v) is 4.73. The minimum Gasteiger partial charge on any atom is -0.390 e. The van der Waals surface area contributed by atoms with Crippen molar-refractivity contribution in [3.05, 3.63) is 35.9 Å². The van der Waals surface area contributed by atoms with Gasteiger partial charge in [-0.15, -0.1) is 0 Å². The van der Waals surface area contributed by atoms with Crippen LogP contribution in [0.3, 0.4) is 0 Å². The molecule has 0 bridgehead atoms. The van der Waals surface area contributed by atoms with Gasteiger partial charge in [-0.1, -0.05) is 30.3 Å². The van der Waals surface area contributed by atoms with Crippen molar-refractivity contribution >= 4 is 0 Å². The first-order valence-electron chi connectivity index (χ1n) is 6.18. The van der Waals surface area contributed by atoms with Crippen LogP contribution < -0.4 is 5.32 Å². The Kier molecular flexibility index (Phi) is 3.97. The van der Waals surface area contributed by atoms with Gasteiger partial charge < -0.3 is 5.11 Å². The summed E-state index contributed by atoms with van der Waals surface area (Å²) in [4.78, 5) is 0. The Bertz CT molecular complexity index is 304. The van der Waals surface area contributed by atoms with Crippen molar-refractivity contribution in [2.75, 3.05) is 13.1 Å².